The molecule has 0 aromatic carbocycles. The van der Waals surface area contributed by atoms with Crippen LogP contribution in [0.1, 0.15) is 42.2 Å². The van der Waals surface area contributed by atoms with Crippen LogP contribution in [0.3, 0.4) is 0 Å². The number of aromatic nitrogens is 3. The molecule has 1 aliphatic heterocycles. The van der Waals surface area contributed by atoms with E-state index in [1.807, 2.05) is 6.20 Å². The first-order chi connectivity index (χ1) is 11.2. The molecule has 0 saturated carbocycles. The van der Waals surface area contributed by atoms with Gasteiger partial charge in [0.15, 0.2) is 5.69 Å². The number of anilines is 1. The Hall–Kier alpha value is -2.41. The first-order valence-electron chi connectivity index (χ1n) is 7.78. The molecule has 2 atom stereocenters. The highest BCUT2D eigenvalue weighted by Gasteiger charge is 2.30. The smallest absolute Gasteiger partial charge is 0.354 e. The molecule has 2 aromatic rings. The predicted octanol–water partition coefficient (Wildman–Crippen LogP) is 2.33. The van der Waals surface area contributed by atoms with Crippen molar-refractivity contribution in [3.8, 4) is 0 Å². The van der Waals surface area contributed by atoms with Crippen LogP contribution < -0.4 is 5.32 Å². The molecule has 7 nitrogen and oxygen atoms in total. The fourth-order valence-corrected chi connectivity index (χ4v) is 2.85. The van der Waals surface area contributed by atoms with Gasteiger partial charge in [0.2, 0.25) is 0 Å². The van der Waals surface area contributed by atoms with Crippen LogP contribution in [0, 0.1) is 0 Å². The van der Waals surface area contributed by atoms with Crippen LogP contribution in [0.4, 0.5) is 5.82 Å². The van der Waals surface area contributed by atoms with E-state index in [1.54, 1.807) is 18.3 Å². The molecule has 2 aromatic heterocycles. The highest BCUT2D eigenvalue weighted by Crippen LogP contribution is 2.29. The highest BCUT2D eigenvalue weighted by atomic mass is 16.5. The van der Waals surface area contributed by atoms with Gasteiger partial charge in [-0.1, -0.05) is 6.07 Å². The lowest BCUT2D eigenvalue weighted by Crippen LogP contribution is -2.35. The quantitative estimate of drug-likeness (QED) is 0.880. The minimum atomic E-state index is -1.04. The molecule has 7 heteroatoms. The SMILES string of the molecule is CCn1ccnc1[C@H]1OCCC[C@@H]1Nc1cccc(C(=O)O)n1. The van der Waals surface area contributed by atoms with Gasteiger partial charge in [0.1, 0.15) is 17.7 Å². The number of pyridine rings is 1. The molecule has 0 aliphatic carbocycles. The van der Waals surface area contributed by atoms with E-state index in [2.05, 4.69) is 26.8 Å². The van der Waals surface area contributed by atoms with Gasteiger partial charge in [-0.15, -0.1) is 0 Å². The number of carboxylic acid groups (broad SMARTS) is 1. The number of rotatable bonds is 5. The summed E-state index contributed by atoms with van der Waals surface area (Å²) in [6, 6.07) is 4.94. The lowest BCUT2D eigenvalue weighted by Gasteiger charge is -2.32. The summed E-state index contributed by atoms with van der Waals surface area (Å²) >= 11 is 0. The van der Waals surface area contributed by atoms with Gasteiger partial charge in [-0.25, -0.2) is 14.8 Å². The van der Waals surface area contributed by atoms with Gasteiger partial charge < -0.3 is 19.7 Å². The zero-order valence-corrected chi connectivity index (χ0v) is 13.0. The minimum absolute atomic E-state index is 0.00740. The van der Waals surface area contributed by atoms with Gasteiger partial charge in [-0.3, -0.25) is 0 Å². The molecule has 122 valence electrons. The third-order valence-corrected chi connectivity index (χ3v) is 3.97. The van der Waals surface area contributed by atoms with Crippen molar-refractivity contribution >= 4 is 11.8 Å². The van der Waals surface area contributed by atoms with Crippen molar-refractivity contribution in [3.05, 3.63) is 42.1 Å². The van der Waals surface area contributed by atoms with Crippen LogP contribution in [0.5, 0.6) is 0 Å². The molecule has 0 bridgehead atoms. The molecule has 1 saturated heterocycles. The van der Waals surface area contributed by atoms with Gasteiger partial charge in [-0.2, -0.15) is 0 Å². The van der Waals surface area contributed by atoms with Crippen molar-refractivity contribution in [2.45, 2.75) is 38.5 Å². The third kappa shape index (κ3) is 3.34. The van der Waals surface area contributed by atoms with Crippen molar-refractivity contribution in [1.82, 2.24) is 14.5 Å². The fraction of sp³-hybridized carbons (Fsp3) is 0.438. The number of aryl methyl sites for hydroxylation is 1. The van der Waals surface area contributed by atoms with E-state index in [0.717, 1.165) is 25.2 Å². The molecule has 3 rings (SSSR count). The van der Waals surface area contributed by atoms with E-state index in [-0.39, 0.29) is 17.8 Å². The second kappa shape index (κ2) is 6.78. The van der Waals surface area contributed by atoms with Crippen molar-refractivity contribution in [2.24, 2.45) is 0 Å². The average Bonchev–Trinajstić information content (AvgIpc) is 3.04. The molecule has 23 heavy (non-hydrogen) atoms. The fourth-order valence-electron chi connectivity index (χ4n) is 2.85. The highest BCUT2D eigenvalue weighted by molar-refractivity contribution is 5.85. The summed E-state index contributed by atoms with van der Waals surface area (Å²) in [5, 5.41) is 12.4. The number of hydrogen-bond acceptors (Lipinski definition) is 5. The van der Waals surface area contributed by atoms with Crippen molar-refractivity contribution < 1.29 is 14.6 Å². The Morgan fingerprint density at radius 2 is 2.39 bits per heavy atom. The first kappa shape index (κ1) is 15.5. The van der Waals surface area contributed by atoms with E-state index in [4.69, 9.17) is 9.84 Å². The number of nitrogens with zero attached hydrogens (tertiary/aromatic N) is 3. The number of carbonyl (C=O) groups is 1. The first-order valence-corrected chi connectivity index (χ1v) is 7.78. The van der Waals surface area contributed by atoms with Gasteiger partial charge in [0, 0.05) is 25.5 Å². The molecule has 0 unspecified atom stereocenters. The number of carboxylic acids is 1. The topological polar surface area (TPSA) is 89.3 Å². The van der Waals surface area contributed by atoms with E-state index >= 15 is 0 Å². The lowest BCUT2D eigenvalue weighted by atomic mass is 10.0. The normalized spacial score (nSPS) is 21.1. The third-order valence-electron chi connectivity index (χ3n) is 3.97. The van der Waals surface area contributed by atoms with E-state index in [0.29, 0.717) is 12.4 Å². The number of hydrogen-bond donors (Lipinski definition) is 2. The Morgan fingerprint density at radius 1 is 1.52 bits per heavy atom. The Bertz CT molecular complexity index is 685. The standard InChI is InChI=1S/C16H20N4O3/c1-2-20-9-8-17-15(20)14-11(6-4-10-23-14)18-13-7-3-5-12(19-13)16(21)22/h3,5,7-9,11,14H,2,4,6,10H2,1H3,(H,18,19)(H,21,22)/t11-,14-/m0/s1. The van der Waals surface area contributed by atoms with Gasteiger partial charge in [-0.05, 0) is 31.9 Å². The van der Waals surface area contributed by atoms with Crippen molar-refractivity contribution in [2.75, 3.05) is 11.9 Å². The number of nitrogens with one attached hydrogen (secondary N) is 1. The molecule has 0 amide bonds. The average molecular weight is 316 g/mol. The van der Waals surface area contributed by atoms with Crippen LogP contribution in [-0.4, -0.2) is 38.3 Å². The number of ether oxygens (including phenoxy) is 1. The number of imidazole rings is 1. The second-order valence-electron chi connectivity index (χ2n) is 5.47. The van der Waals surface area contributed by atoms with Crippen molar-refractivity contribution in [3.63, 3.8) is 0 Å². The zero-order valence-electron chi connectivity index (χ0n) is 13.0. The van der Waals surface area contributed by atoms with Crippen LogP contribution in [-0.2, 0) is 11.3 Å². The molecule has 1 fully saturated rings. The monoisotopic (exact) mass is 316 g/mol. The summed E-state index contributed by atoms with van der Waals surface area (Å²) < 4.78 is 8.00. The Morgan fingerprint density at radius 3 is 3.17 bits per heavy atom. The van der Waals surface area contributed by atoms with Crippen molar-refractivity contribution in [1.29, 1.82) is 0 Å². The molecular weight excluding hydrogens is 296 g/mol. The Kier molecular flexibility index (Phi) is 4.57. The maximum atomic E-state index is 11.1. The molecule has 0 spiro atoms. The summed E-state index contributed by atoms with van der Waals surface area (Å²) in [7, 11) is 0. The summed E-state index contributed by atoms with van der Waals surface area (Å²) in [6.45, 7) is 3.59. The molecule has 3 heterocycles. The number of aromatic carboxylic acids is 1. The van der Waals surface area contributed by atoms with Crippen LogP contribution in [0.25, 0.3) is 0 Å². The lowest BCUT2D eigenvalue weighted by molar-refractivity contribution is -0.00178. The molecule has 0 radical (unpaired) electrons. The summed E-state index contributed by atoms with van der Waals surface area (Å²) in [5.74, 6) is 0.394. The van der Waals surface area contributed by atoms with Gasteiger partial charge in [0.25, 0.3) is 0 Å². The molecular formula is C16H20N4O3. The Balaban J connectivity index is 1.82. The summed E-state index contributed by atoms with van der Waals surface area (Å²) in [6.07, 6.45) is 5.40. The maximum Gasteiger partial charge on any atom is 0.354 e. The summed E-state index contributed by atoms with van der Waals surface area (Å²) in [4.78, 5) is 19.6. The van der Waals surface area contributed by atoms with Gasteiger partial charge >= 0.3 is 5.97 Å². The van der Waals surface area contributed by atoms with E-state index in [9.17, 15) is 4.79 Å². The zero-order chi connectivity index (χ0) is 16.2. The molecule has 2 N–H and O–H groups in total. The molecule has 1 aliphatic rings. The maximum absolute atomic E-state index is 11.1. The van der Waals surface area contributed by atoms with Gasteiger partial charge in [0.05, 0.1) is 6.04 Å². The largest absolute Gasteiger partial charge is 0.477 e. The van der Waals surface area contributed by atoms with Crippen LogP contribution >= 0.6 is 0 Å². The van der Waals surface area contributed by atoms with Crippen LogP contribution in [0.15, 0.2) is 30.6 Å². The predicted molar refractivity (Wildman–Crippen MR) is 84.4 cm³/mol. The van der Waals surface area contributed by atoms with E-state index < -0.39 is 5.97 Å². The van der Waals surface area contributed by atoms with Crippen LogP contribution in [0.2, 0.25) is 0 Å². The minimum Gasteiger partial charge on any atom is -0.477 e. The van der Waals surface area contributed by atoms with E-state index in [1.165, 1.54) is 6.07 Å². The summed E-state index contributed by atoms with van der Waals surface area (Å²) in [5.41, 5.74) is 0.0262. The Labute approximate surface area is 134 Å². The second-order valence-corrected chi connectivity index (χ2v) is 5.47.